The molecule has 2 N–H and O–H groups in total. The Balaban J connectivity index is 2.16. The highest BCUT2D eigenvalue weighted by atomic mass is 19.4. The highest BCUT2D eigenvalue weighted by Crippen LogP contribution is 2.34. The number of nitrogens with one attached hydrogen (secondary N) is 1. The smallest absolute Gasteiger partial charge is 0.418 e. The van der Waals surface area contributed by atoms with Gasteiger partial charge < -0.3 is 10.4 Å². The van der Waals surface area contributed by atoms with Gasteiger partial charge in [-0.1, -0.05) is 30.3 Å². The van der Waals surface area contributed by atoms with Crippen molar-refractivity contribution >= 4 is 11.6 Å². The largest absolute Gasteiger partial charge is 0.508 e. The first-order valence-corrected chi connectivity index (χ1v) is 6.11. The summed E-state index contributed by atoms with van der Waals surface area (Å²) in [7, 11) is 0. The molecule has 0 unspecified atom stereocenters. The van der Waals surface area contributed by atoms with E-state index in [0.29, 0.717) is 5.56 Å². The van der Waals surface area contributed by atoms with Crippen molar-refractivity contribution in [2.24, 2.45) is 0 Å². The van der Waals surface area contributed by atoms with Crippen molar-refractivity contribution in [1.82, 2.24) is 0 Å². The fourth-order valence-corrected chi connectivity index (χ4v) is 1.87. The third-order valence-electron chi connectivity index (χ3n) is 2.85. The molecule has 6 heteroatoms. The molecular weight excluding hydrogens is 283 g/mol. The van der Waals surface area contributed by atoms with Crippen molar-refractivity contribution in [3.63, 3.8) is 0 Å². The van der Waals surface area contributed by atoms with Crippen LogP contribution in [-0.4, -0.2) is 11.0 Å². The molecule has 0 aromatic heterocycles. The molecule has 0 heterocycles. The van der Waals surface area contributed by atoms with Gasteiger partial charge in [-0.3, -0.25) is 4.79 Å². The summed E-state index contributed by atoms with van der Waals surface area (Å²) >= 11 is 0. The number of halogens is 3. The lowest BCUT2D eigenvalue weighted by Crippen LogP contribution is -2.18. The minimum atomic E-state index is -4.54. The second-order valence-corrected chi connectivity index (χ2v) is 4.40. The van der Waals surface area contributed by atoms with Gasteiger partial charge >= 0.3 is 6.18 Å². The number of para-hydroxylation sites is 2. The first-order chi connectivity index (χ1) is 9.88. The van der Waals surface area contributed by atoms with Gasteiger partial charge in [0.1, 0.15) is 5.75 Å². The quantitative estimate of drug-likeness (QED) is 0.909. The van der Waals surface area contributed by atoms with Crippen LogP contribution < -0.4 is 5.32 Å². The van der Waals surface area contributed by atoms with Crippen LogP contribution in [0.3, 0.4) is 0 Å². The van der Waals surface area contributed by atoms with Gasteiger partial charge in [-0.2, -0.15) is 13.2 Å². The van der Waals surface area contributed by atoms with Crippen LogP contribution in [0.2, 0.25) is 0 Å². The fraction of sp³-hybridized carbons (Fsp3) is 0.133. The van der Waals surface area contributed by atoms with Crippen molar-refractivity contribution in [3.8, 4) is 5.75 Å². The molecule has 110 valence electrons. The number of aromatic hydroxyl groups is 1. The Kier molecular flexibility index (Phi) is 4.16. The minimum absolute atomic E-state index is 0.0724. The van der Waals surface area contributed by atoms with Crippen molar-refractivity contribution < 1.29 is 23.1 Å². The Labute approximate surface area is 119 Å². The molecule has 0 bridgehead atoms. The van der Waals surface area contributed by atoms with E-state index in [-0.39, 0.29) is 17.9 Å². The normalized spacial score (nSPS) is 11.2. The lowest BCUT2D eigenvalue weighted by molar-refractivity contribution is -0.137. The lowest BCUT2D eigenvalue weighted by Gasteiger charge is -2.13. The molecule has 0 saturated heterocycles. The van der Waals surface area contributed by atoms with Gasteiger partial charge in [0.05, 0.1) is 17.7 Å². The molecule has 0 radical (unpaired) electrons. The standard InChI is InChI=1S/C15H12F3NO2/c16-15(17,18)11-6-2-3-7-12(11)19-14(21)9-10-5-1-4-8-13(10)20/h1-8,20H,9H2,(H,19,21). The molecule has 2 rings (SSSR count). The van der Waals surface area contributed by atoms with E-state index >= 15 is 0 Å². The Morgan fingerprint density at radius 3 is 2.33 bits per heavy atom. The molecule has 0 atom stereocenters. The van der Waals surface area contributed by atoms with Gasteiger partial charge in [-0.05, 0) is 18.2 Å². The van der Waals surface area contributed by atoms with E-state index in [9.17, 15) is 23.1 Å². The number of hydrogen-bond donors (Lipinski definition) is 2. The summed E-state index contributed by atoms with van der Waals surface area (Å²) in [6, 6.07) is 10.9. The highest BCUT2D eigenvalue weighted by molar-refractivity contribution is 5.93. The van der Waals surface area contributed by atoms with E-state index in [4.69, 9.17) is 0 Å². The van der Waals surface area contributed by atoms with Gasteiger partial charge in [-0.25, -0.2) is 0 Å². The average Bonchev–Trinajstić information content (AvgIpc) is 2.41. The van der Waals surface area contributed by atoms with E-state index in [2.05, 4.69) is 5.32 Å². The van der Waals surface area contributed by atoms with E-state index < -0.39 is 17.6 Å². The summed E-state index contributed by atoms with van der Waals surface area (Å²) in [5, 5.41) is 11.8. The van der Waals surface area contributed by atoms with E-state index in [0.717, 1.165) is 6.07 Å². The number of carbonyl (C=O) groups excluding carboxylic acids is 1. The summed E-state index contributed by atoms with van der Waals surface area (Å²) in [5.41, 5.74) is -0.861. The van der Waals surface area contributed by atoms with Gasteiger partial charge in [-0.15, -0.1) is 0 Å². The van der Waals surface area contributed by atoms with Crippen molar-refractivity contribution in [3.05, 3.63) is 59.7 Å². The molecule has 0 aliphatic carbocycles. The van der Waals surface area contributed by atoms with Crippen LogP contribution in [0.1, 0.15) is 11.1 Å². The molecule has 2 aromatic carbocycles. The number of benzene rings is 2. The van der Waals surface area contributed by atoms with Crippen molar-refractivity contribution in [2.45, 2.75) is 12.6 Å². The lowest BCUT2D eigenvalue weighted by atomic mass is 10.1. The molecule has 0 spiro atoms. The van der Waals surface area contributed by atoms with Crippen LogP contribution in [-0.2, 0) is 17.4 Å². The minimum Gasteiger partial charge on any atom is -0.508 e. The van der Waals surface area contributed by atoms with Crippen molar-refractivity contribution in [1.29, 1.82) is 0 Å². The molecule has 1 amide bonds. The van der Waals surface area contributed by atoms with E-state index in [1.54, 1.807) is 12.1 Å². The van der Waals surface area contributed by atoms with Crippen LogP contribution >= 0.6 is 0 Å². The van der Waals surface area contributed by atoms with E-state index in [1.807, 2.05) is 0 Å². The molecule has 2 aromatic rings. The molecule has 0 fully saturated rings. The third-order valence-corrected chi connectivity index (χ3v) is 2.85. The van der Waals surface area contributed by atoms with Gasteiger partial charge in [0.2, 0.25) is 5.91 Å². The summed E-state index contributed by atoms with van der Waals surface area (Å²) in [4.78, 5) is 11.8. The van der Waals surface area contributed by atoms with Crippen LogP contribution in [0, 0.1) is 0 Å². The molecule has 0 aliphatic heterocycles. The molecule has 0 saturated carbocycles. The Morgan fingerprint density at radius 2 is 1.67 bits per heavy atom. The maximum Gasteiger partial charge on any atom is 0.418 e. The fourth-order valence-electron chi connectivity index (χ4n) is 1.87. The number of rotatable bonds is 3. The predicted octanol–water partition coefficient (Wildman–Crippen LogP) is 3.59. The second-order valence-electron chi connectivity index (χ2n) is 4.40. The number of anilines is 1. The Hall–Kier alpha value is -2.50. The Morgan fingerprint density at radius 1 is 1.05 bits per heavy atom. The number of phenolic OH excluding ortho intramolecular Hbond substituents is 1. The molecule has 3 nitrogen and oxygen atoms in total. The zero-order chi connectivity index (χ0) is 15.5. The number of alkyl halides is 3. The van der Waals surface area contributed by atoms with Crippen LogP contribution in [0.25, 0.3) is 0 Å². The number of hydrogen-bond acceptors (Lipinski definition) is 2. The summed E-state index contributed by atoms with van der Waals surface area (Å²) in [6.07, 6.45) is -4.75. The third kappa shape index (κ3) is 3.75. The second kappa shape index (κ2) is 5.87. The highest BCUT2D eigenvalue weighted by Gasteiger charge is 2.33. The zero-order valence-electron chi connectivity index (χ0n) is 10.8. The summed E-state index contributed by atoms with van der Waals surface area (Å²) < 4.78 is 38.4. The maximum atomic E-state index is 12.8. The van der Waals surface area contributed by atoms with Crippen LogP contribution in [0.4, 0.5) is 18.9 Å². The SMILES string of the molecule is O=C(Cc1ccccc1O)Nc1ccccc1C(F)(F)F. The van der Waals surface area contributed by atoms with Crippen LogP contribution in [0.15, 0.2) is 48.5 Å². The molecule has 21 heavy (non-hydrogen) atoms. The Bertz CT molecular complexity index is 653. The average molecular weight is 295 g/mol. The summed E-state index contributed by atoms with van der Waals surface area (Å²) in [6.45, 7) is 0. The number of carbonyl (C=O) groups is 1. The zero-order valence-corrected chi connectivity index (χ0v) is 10.8. The molecule has 0 aliphatic rings. The predicted molar refractivity (Wildman–Crippen MR) is 71.9 cm³/mol. The maximum absolute atomic E-state index is 12.8. The van der Waals surface area contributed by atoms with Gasteiger partial charge in [0.25, 0.3) is 0 Å². The van der Waals surface area contributed by atoms with Crippen molar-refractivity contribution in [2.75, 3.05) is 5.32 Å². The van der Waals surface area contributed by atoms with Gasteiger partial charge in [0, 0.05) is 5.56 Å². The summed E-state index contributed by atoms with van der Waals surface area (Å²) in [5.74, 6) is -0.704. The number of amides is 1. The monoisotopic (exact) mass is 295 g/mol. The number of phenols is 1. The first kappa shape index (κ1) is 14.9. The van der Waals surface area contributed by atoms with Crippen LogP contribution in [0.5, 0.6) is 5.75 Å². The topological polar surface area (TPSA) is 49.3 Å². The molecular formula is C15H12F3NO2. The first-order valence-electron chi connectivity index (χ1n) is 6.11. The van der Waals surface area contributed by atoms with E-state index in [1.165, 1.54) is 30.3 Å². The van der Waals surface area contributed by atoms with Gasteiger partial charge in [0.15, 0.2) is 0 Å².